The molecule has 1 aliphatic heterocycles. The summed E-state index contributed by atoms with van der Waals surface area (Å²) in [5.74, 6) is 1.26. The average molecular weight is 173 g/mol. The van der Waals surface area contributed by atoms with Gasteiger partial charge in [-0.25, -0.2) is 4.68 Å². The Labute approximate surface area is 69.4 Å². The van der Waals surface area contributed by atoms with Crippen molar-refractivity contribution in [2.75, 3.05) is 5.73 Å². The molecule has 0 saturated heterocycles. The molecule has 2 rings (SSSR count). The number of nitrogens with zero attached hydrogens (tertiary/aromatic N) is 3. The van der Waals surface area contributed by atoms with Crippen molar-refractivity contribution in [3.05, 3.63) is 5.82 Å². The number of anilines is 1. The summed E-state index contributed by atoms with van der Waals surface area (Å²) in [6.45, 7) is 0.841. The highest BCUT2D eigenvalue weighted by atomic mass is 35.5. The first kappa shape index (κ1) is 6.91. The molecule has 1 atom stereocenters. The highest BCUT2D eigenvalue weighted by Crippen LogP contribution is 2.17. The lowest BCUT2D eigenvalue weighted by atomic mass is 10.2. The van der Waals surface area contributed by atoms with Crippen LogP contribution in [0.3, 0.4) is 0 Å². The van der Waals surface area contributed by atoms with Gasteiger partial charge in [0.15, 0.2) is 0 Å². The zero-order valence-corrected chi connectivity index (χ0v) is 6.75. The van der Waals surface area contributed by atoms with Crippen molar-refractivity contribution in [1.29, 1.82) is 0 Å². The number of rotatable bonds is 0. The van der Waals surface area contributed by atoms with Crippen LogP contribution in [0, 0.1) is 0 Å². The molecule has 0 bridgehead atoms. The minimum Gasteiger partial charge on any atom is -0.366 e. The van der Waals surface area contributed by atoms with Crippen LogP contribution in [0.1, 0.15) is 12.2 Å². The summed E-state index contributed by atoms with van der Waals surface area (Å²) >= 11 is 5.93. The summed E-state index contributed by atoms with van der Waals surface area (Å²) < 4.78 is 1.83. The first-order valence-electron chi connectivity index (χ1n) is 3.59. The Morgan fingerprint density at radius 2 is 2.45 bits per heavy atom. The van der Waals surface area contributed by atoms with Gasteiger partial charge in [0.2, 0.25) is 5.95 Å². The minimum absolute atomic E-state index is 0.200. The maximum absolute atomic E-state index is 5.93. The van der Waals surface area contributed by atoms with E-state index in [0.717, 1.165) is 25.2 Å². The molecule has 4 nitrogen and oxygen atoms in total. The monoisotopic (exact) mass is 172 g/mol. The second-order valence-corrected chi connectivity index (χ2v) is 3.32. The molecule has 0 spiro atoms. The Balaban J connectivity index is 2.34. The van der Waals surface area contributed by atoms with E-state index in [1.54, 1.807) is 0 Å². The maximum Gasteiger partial charge on any atom is 0.239 e. The molecule has 1 aliphatic rings. The summed E-state index contributed by atoms with van der Waals surface area (Å²) in [5, 5.41) is 4.21. The van der Waals surface area contributed by atoms with E-state index in [2.05, 4.69) is 10.1 Å². The van der Waals surface area contributed by atoms with Crippen LogP contribution in [0.15, 0.2) is 0 Å². The van der Waals surface area contributed by atoms with Crippen LogP contribution in [-0.2, 0) is 13.0 Å². The van der Waals surface area contributed by atoms with Crippen LogP contribution in [0.5, 0.6) is 0 Å². The highest BCUT2D eigenvalue weighted by molar-refractivity contribution is 6.20. The number of hydrogen-bond donors (Lipinski definition) is 1. The van der Waals surface area contributed by atoms with Gasteiger partial charge in [0.25, 0.3) is 0 Å². The first-order chi connectivity index (χ1) is 5.25. The number of nitrogen functional groups attached to an aromatic ring is 1. The third-order valence-corrected chi connectivity index (χ3v) is 2.20. The van der Waals surface area contributed by atoms with Gasteiger partial charge in [-0.1, -0.05) is 0 Å². The van der Waals surface area contributed by atoms with Crippen LogP contribution in [0.4, 0.5) is 5.95 Å². The molecule has 11 heavy (non-hydrogen) atoms. The third kappa shape index (κ3) is 1.18. The molecule has 0 fully saturated rings. The first-order valence-corrected chi connectivity index (χ1v) is 4.02. The molecule has 2 heterocycles. The molecule has 0 saturated carbocycles. The van der Waals surface area contributed by atoms with Crippen molar-refractivity contribution >= 4 is 17.5 Å². The quantitative estimate of drug-likeness (QED) is 0.577. The van der Waals surface area contributed by atoms with E-state index in [9.17, 15) is 0 Å². The number of nitrogens with two attached hydrogens (primary N) is 1. The standard InChI is InChI=1S/C6H9ClN4/c7-4-1-2-11-5(3-4)9-6(8)10-11/h4H,1-3H2,(H2,8,10). The van der Waals surface area contributed by atoms with E-state index < -0.39 is 0 Å². The Bertz CT molecular complexity index is 270. The van der Waals surface area contributed by atoms with E-state index in [0.29, 0.717) is 5.95 Å². The predicted molar refractivity (Wildman–Crippen MR) is 42.4 cm³/mol. The maximum atomic E-state index is 5.93. The predicted octanol–water partition coefficient (Wildman–Crippen LogP) is 0.414. The van der Waals surface area contributed by atoms with Crippen molar-refractivity contribution in [2.45, 2.75) is 24.8 Å². The zero-order chi connectivity index (χ0) is 7.84. The highest BCUT2D eigenvalue weighted by Gasteiger charge is 2.18. The largest absolute Gasteiger partial charge is 0.366 e. The van der Waals surface area contributed by atoms with Gasteiger partial charge in [-0.05, 0) is 6.42 Å². The fourth-order valence-corrected chi connectivity index (χ4v) is 1.52. The summed E-state index contributed by atoms with van der Waals surface area (Å²) in [6, 6.07) is 0. The second kappa shape index (κ2) is 2.37. The third-order valence-electron chi connectivity index (χ3n) is 1.82. The van der Waals surface area contributed by atoms with Gasteiger partial charge in [-0.3, -0.25) is 0 Å². The molecule has 0 aromatic carbocycles. The average Bonchev–Trinajstić information content (AvgIpc) is 2.27. The molecule has 0 radical (unpaired) electrons. The molecule has 1 unspecified atom stereocenters. The molecule has 5 heteroatoms. The van der Waals surface area contributed by atoms with Crippen molar-refractivity contribution < 1.29 is 0 Å². The van der Waals surface area contributed by atoms with E-state index in [1.807, 2.05) is 4.68 Å². The fourth-order valence-electron chi connectivity index (χ4n) is 1.29. The summed E-state index contributed by atoms with van der Waals surface area (Å²) in [7, 11) is 0. The van der Waals surface area contributed by atoms with Gasteiger partial charge in [-0.15, -0.1) is 16.7 Å². The molecule has 0 amide bonds. The van der Waals surface area contributed by atoms with Crippen molar-refractivity contribution in [2.24, 2.45) is 0 Å². The summed E-state index contributed by atoms with van der Waals surface area (Å²) in [5.41, 5.74) is 5.42. The van der Waals surface area contributed by atoms with Crippen molar-refractivity contribution in [3.8, 4) is 0 Å². The van der Waals surface area contributed by atoms with Gasteiger partial charge in [0.05, 0.1) is 0 Å². The minimum atomic E-state index is 0.200. The summed E-state index contributed by atoms with van der Waals surface area (Å²) in [6.07, 6.45) is 1.74. The number of hydrogen-bond acceptors (Lipinski definition) is 3. The van der Waals surface area contributed by atoms with E-state index in [-0.39, 0.29) is 5.38 Å². The van der Waals surface area contributed by atoms with Crippen LogP contribution < -0.4 is 5.73 Å². The second-order valence-electron chi connectivity index (χ2n) is 2.70. The number of halogens is 1. The van der Waals surface area contributed by atoms with Crippen LogP contribution in [-0.4, -0.2) is 20.1 Å². The van der Waals surface area contributed by atoms with Gasteiger partial charge in [-0.2, -0.15) is 4.98 Å². The lowest BCUT2D eigenvalue weighted by Crippen LogP contribution is -2.20. The van der Waals surface area contributed by atoms with E-state index >= 15 is 0 Å². The SMILES string of the molecule is Nc1nc2n(n1)CCC(Cl)C2. The van der Waals surface area contributed by atoms with Crippen LogP contribution in [0.2, 0.25) is 0 Å². The van der Waals surface area contributed by atoms with E-state index in [1.165, 1.54) is 0 Å². The number of alkyl halides is 1. The van der Waals surface area contributed by atoms with E-state index in [4.69, 9.17) is 17.3 Å². The van der Waals surface area contributed by atoms with Gasteiger partial charge in [0.1, 0.15) is 5.82 Å². The Morgan fingerprint density at radius 3 is 3.27 bits per heavy atom. The summed E-state index contributed by atoms with van der Waals surface area (Å²) in [4.78, 5) is 4.05. The van der Waals surface area contributed by atoms with Crippen LogP contribution >= 0.6 is 11.6 Å². The van der Waals surface area contributed by atoms with Crippen LogP contribution in [0.25, 0.3) is 0 Å². The Hall–Kier alpha value is -0.770. The molecule has 0 aliphatic carbocycles. The van der Waals surface area contributed by atoms with Gasteiger partial charge >= 0.3 is 0 Å². The van der Waals surface area contributed by atoms with Crippen molar-refractivity contribution in [1.82, 2.24) is 14.8 Å². The molecular weight excluding hydrogens is 164 g/mol. The number of fused-ring (bicyclic) bond motifs is 1. The lowest BCUT2D eigenvalue weighted by Gasteiger charge is -2.15. The smallest absolute Gasteiger partial charge is 0.239 e. The van der Waals surface area contributed by atoms with Crippen molar-refractivity contribution in [3.63, 3.8) is 0 Å². The van der Waals surface area contributed by atoms with Gasteiger partial charge < -0.3 is 5.73 Å². The molecule has 1 aromatic heterocycles. The number of aromatic nitrogens is 3. The van der Waals surface area contributed by atoms with Gasteiger partial charge in [0, 0.05) is 18.3 Å². The zero-order valence-electron chi connectivity index (χ0n) is 6.00. The Morgan fingerprint density at radius 1 is 1.64 bits per heavy atom. The molecule has 60 valence electrons. The number of aryl methyl sites for hydroxylation is 1. The normalized spacial score (nSPS) is 23.2. The lowest BCUT2D eigenvalue weighted by molar-refractivity contribution is 0.485. The molecule has 1 aromatic rings. The Kier molecular flexibility index (Phi) is 1.49. The molecule has 2 N–H and O–H groups in total. The fraction of sp³-hybridized carbons (Fsp3) is 0.667. The topological polar surface area (TPSA) is 56.7 Å². The molecular formula is C6H9ClN4.